The average Bonchev–Trinajstić information content (AvgIpc) is 2.52. The second-order valence-corrected chi connectivity index (χ2v) is 4.99. The number of nitrogens with zero attached hydrogens (tertiary/aromatic N) is 4. The topological polar surface area (TPSA) is 61.4 Å². The van der Waals surface area contributed by atoms with Gasteiger partial charge < -0.3 is 15.1 Å². The van der Waals surface area contributed by atoms with Gasteiger partial charge in [0.15, 0.2) is 0 Å². The van der Waals surface area contributed by atoms with Gasteiger partial charge in [-0.25, -0.2) is 9.97 Å². The number of rotatable bonds is 4. The van der Waals surface area contributed by atoms with Gasteiger partial charge in [-0.05, 0) is 7.05 Å². The predicted molar refractivity (Wildman–Crippen MR) is 81.6 cm³/mol. The Morgan fingerprint density at radius 2 is 1.78 bits per heavy atom. The molecule has 2 rings (SSSR count). The number of carbonyl (C=O) groups is 1. The molecule has 0 aromatic carbocycles. The van der Waals surface area contributed by atoms with Gasteiger partial charge in [-0.3, -0.25) is 4.79 Å². The van der Waals surface area contributed by atoms with E-state index < -0.39 is 11.7 Å². The van der Waals surface area contributed by atoms with Crippen molar-refractivity contribution in [3.8, 4) is 0 Å². The maximum Gasteiger partial charge on any atom is 0.419 e. The van der Waals surface area contributed by atoms with E-state index in [0.717, 1.165) is 12.4 Å². The van der Waals surface area contributed by atoms with Crippen molar-refractivity contribution in [2.24, 2.45) is 0 Å². The quantitative estimate of drug-likeness (QED) is 0.880. The minimum absolute atomic E-state index is 0. The summed E-state index contributed by atoms with van der Waals surface area (Å²) in [5.74, 6) is 0.331. The molecule has 0 saturated carbocycles. The van der Waals surface area contributed by atoms with E-state index in [1.807, 2.05) is 0 Å². The number of anilines is 1. The maximum atomic E-state index is 12.5. The van der Waals surface area contributed by atoms with Crippen LogP contribution in [0, 0.1) is 0 Å². The fourth-order valence-electron chi connectivity index (χ4n) is 2.18. The summed E-state index contributed by atoms with van der Waals surface area (Å²) in [6, 6.07) is 0. The zero-order valence-corrected chi connectivity index (χ0v) is 13.5. The van der Waals surface area contributed by atoms with Gasteiger partial charge in [-0.1, -0.05) is 0 Å². The molecule has 1 aromatic rings. The highest BCUT2D eigenvalue weighted by atomic mass is 35.5. The fourth-order valence-corrected chi connectivity index (χ4v) is 2.18. The molecule has 1 fully saturated rings. The molecular formula is C13H19ClF3N5O. The third kappa shape index (κ3) is 5.21. The second-order valence-electron chi connectivity index (χ2n) is 4.99. The highest BCUT2D eigenvalue weighted by Gasteiger charge is 2.32. The van der Waals surface area contributed by atoms with E-state index >= 15 is 0 Å². The standard InChI is InChI=1S/C13H18F3N5O.ClH/c1-17-3-2-11(22)20-4-6-21(7-5-20)12-18-8-10(9-19-12)13(14,15)16;/h8-9,17H,2-7H2,1H3;1H. The molecule has 2 heterocycles. The van der Waals surface area contributed by atoms with Crippen LogP contribution in [0.1, 0.15) is 12.0 Å². The van der Waals surface area contributed by atoms with E-state index in [0.29, 0.717) is 39.1 Å². The van der Waals surface area contributed by atoms with Gasteiger partial charge in [0.2, 0.25) is 11.9 Å². The van der Waals surface area contributed by atoms with Gasteiger partial charge in [-0.15, -0.1) is 12.4 Å². The number of amides is 1. The molecule has 1 aliphatic rings. The first-order chi connectivity index (χ1) is 10.4. The van der Waals surface area contributed by atoms with Crippen LogP contribution in [0.5, 0.6) is 0 Å². The van der Waals surface area contributed by atoms with Gasteiger partial charge in [0.1, 0.15) is 0 Å². The van der Waals surface area contributed by atoms with Crippen molar-refractivity contribution in [2.75, 3.05) is 44.7 Å². The number of nitrogens with one attached hydrogen (secondary N) is 1. The predicted octanol–water partition coefficient (Wildman–Crippen LogP) is 1.18. The van der Waals surface area contributed by atoms with Crippen molar-refractivity contribution in [3.63, 3.8) is 0 Å². The molecule has 1 saturated heterocycles. The van der Waals surface area contributed by atoms with Crippen molar-refractivity contribution >= 4 is 24.3 Å². The zero-order valence-electron chi connectivity index (χ0n) is 12.6. The largest absolute Gasteiger partial charge is 0.419 e. The van der Waals surface area contributed by atoms with Crippen LogP contribution in [0.2, 0.25) is 0 Å². The van der Waals surface area contributed by atoms with Crippen molar-refractivity contribution in [2.45, 2.75) is 12.6 Å². The van der Waals surface area contributed by atoms with E-state index in [2.05, 4.69) is 15.3 Å². The van der Waals surface area contributed by atoms with Gasteiger partial charge in [0, 0.05) is 51.5 Å². The van der Waals surface area contributed by atoms with E-state index in [9.17, 15) is 18.0 Å². The van der Waals surface area contributed by atoms with Crippen molar-refractivity contribution in [3.05, 3.63) is 18.0 Å². The Balaban J connectivity index is 0.00000264. The molecule has 0 radical (unpaired) electrons. The molecule has 0 aliphatic carbocycles. The number of hydrogen-bond donors (Lipinski definition) is 1. The monoisotopic (exact) mass is 353 g/mol. The van der Waals surface area contributed by atoms with Crippen LogP contribution in [0.3, 0.4) is 0 Å². The Kier molecular flexibility index (Phi) is 7.01. The van der Waals surface area contributed by atoms with Crippen LogP contribution in [0.25, 0.3) is 0 Å². The molecular weight excluding hydrogens is 335 g/mol. The molecule has 0 spiro atoms. The number of alkyl halides is 3. The molecule has 1 aromatic heterocycles. The lowest BCUT2D eigenvalue weighted by atomic mass is 10.3. The summed E-state index contributed by atoms with van der Waals surface area (Å²) in [6.07, 6.45) is -2.43. The molecule has 130 valence electrons. The third-order valence-electron chi connectivity index (χ3n) is 3.47. The Morgan fingerprint density at radius 3 is 2.26 bits per heavy atom. The highest BCUT2D eigenvalue weighted by molar-refractivity contribution is 5.85. The van der Waals surface area contributed by atoms with Crippen LogP contribution < -0.4 is 10.2 Å². The normalized spacial score (nSPS) is 15.3. The zero-order chi connectivity index (χ0) is 16.2. The smallest absolute Gasteiger partial charge is 0.339 e. The number of halogens is 4. The van der Waals surface area contributed by atoms with Crippen LogP contribution in [0.15, 0.2) is 12.4 Å². The summed E-state index contributed by atoms with van der Waals surface area (Å²) in [5.41, 5.74) is -0.864. The second kappa shape index (κ2) is 8.30. The van der Waals surface area contributed by atoms with E-state index in [1.165, 1.54) is 0 Å². The molecule has 1 aliphatic heterocycles. The Bertz CT molecular complexity index is 503. The van der Waals surface area contributed by atoms with Gasteiger partial charge in [0.25, 0.3) is 0 Å². The Morgan fingerprint density at radius 1 is 1.22 bits per heavy atom. The SMILES string of the molecule is CNCCC(=O)N1CCN(c2ncc(C(F)(F)F)cn2)CC1.Cl. The fraction of sp³-hybridized carbons (Fsp3) is 0.615. The summed E-state index contributed by atoms with van der Waals surface area (Å²) >= 11 is 0. The van der Waals surface area contributed by atoms with E-state index in [-0.39, 0.29) is 24.3 Å². The first kappa shape index (κ1) is 19.4. The van der Waals surface area contributed by atoms with Gasteiger partial charge >= 0.3 is 6.18 Å². The maximum absolute atomic E-state index is 12.5. The molecule has 0 bridgehead atoms. The lowest BCUT2D eigenvalue weighted by molar-refractivity contribution is -0.138. The van der Waals surface area contributed by atoms with Crippen molar-refractivity contribution in [1.29, 1.82) is 0 Å². The summed E-state index contributed by atoms with van der Waals surface area (Å²) in [4.78, 5) is 22.9. The summed E-state index contributed by atoms with van der Waals surface area (Å²) in [7, 11) is 1.78. The Labute approximate surface area is 138 Å². The lowest BCUT2D eigenvalue weighted by Gasteiger charge is -2.34. The van der Waals surface area contributed by atoms with Crippen molar-refractivity contribution < 1.29 is 18.0 Å². The first-order valence-corrected chi connectivity index (χ1v) is 6.98. The highest BCUT2D eigenvalue weighted by Crippen LogP contribution is 2.28. The summed E-state index contributed by atoms with van der Waals surface area (Å²) in [6.45, 7) is 2.69. The van der Waals surface area contributed by atoms with Gasteiger partial charge in [0.05, 0.1) is 5.56 Å². The number of aromatic nitrogens is 2. The first-order valence-electron chi connectivity index (χ1n) is 6.98. The molecule has 1 N–H and O–H groups in total. The Hall–Kier alpha value is -1.61. The average molecular weight is 354 g/mol. The van der Waals surface area contributed by atoms with E-state index in [1.54, 1.807) is 16.8 Å². The minimum atomic E-state index is -4.43. The van der Waals surface area contributed by atoms with Gasteiger partial charge in [-0.2, -0.15) is 13.2 Å². The number of carbonyl (C=O) groups excluding carboxylic acids is 1. The summed E-state index contributed by atoms with van der Waals surface area (Å²) in [5, 5.41) is 2.92. The lowest BCUT2D eigenvalue weighted by Crippen LogP contribution is -2.49. The van der Waals surface area contributed by atoms with Crippen LogP contribution >= 0.6 is 12.4 Å². The molecule has 1 amide bonds. The molecule has 0 atom stereocenters. The van der Waals surface area contributed by atoms with Crippen LogP contribution in [-0.4, -0.2) is 60.5 Å². The molecule has 0 unspecified atom stereocenters. The number of hydrogen-bond acceptors (Lipinski definition) is 5. The number of piperazine rings is 1. The molecule has 6 nitrogen and oxygen atoms in total. The third-order valence-corrected chi connectivity index (χ3v) is 3.47. The molecule has 23 heavy (non-hydrogen) atoms. The van der Waals surface area contributed by atoms with Crippen molar-refractivity contribution in [1.82, 2.24) is 20.2 Å². The van der Waals surface area contributed by atoms with Crippen LogP contribution in [-0.2, 0) is 11.0 Å². The summed E-state index contributed by atoms with van der Waals surface area (Å²) < 4.78 is 37.4. The van der Waals surface area contributed by atoms with Crippen LogP contribution in [0.4, 0.5) is 19.1 Å². The van der Waals surface area contributed by atoms with E-state index in [4.69, 9.17) is 0 Å². The molecule has 10 heteroatoms. The minimum Gasteiger partial charge on any atom is -0.339 e.